The molecule has 0 saturated heterocycles. The van der Waals surface area contributed by atoms with Crippen LogP contribution in [0.2, 0.25) is 0 Å². The van der Waals surface area contributed by atoms with E-state index in [0.29, 0.717) is 36.2 Å². The number of hydrogen-bond acceptors (Lipinski definition) is 8. The van der Waals surface area contributed by atoms with Crippen molar-refractivity contribution in [2.24, 2.45) is 11.8 Å². The molecule has 3 aromatic rings. The van der Waals surface area contributed by atoms with Gasteiger partial charge in [0.1, 0.15) is 21.5 Å². The summed E-state index contributed by atoms with van der Waals surface area (Å²) in [5.41, 5.74) is 5.20. The molecule has 39 heavy (non-hydrogen) atoms. The smallest absolute Gasteiger partial charge is 0.309 e. The minimum Gasteiger partial charge on any atom is -0.478 e. The Bertz CT molecular complexity index is 1510. The molecule has 10 heteroatoms. The number of sulfone groups is 1. The maximum absolute atomic E-state index is 14.7. The van der Waals surface area contributed by atoms with Crippen molar-refractivity contribution in [3.8, 4) is 17.0 Å². The van der Waals surface area contributed by atoms with Gasteiger partial charge < -0.3 is 14.8 Å². The van der Waals surface area contributed by atoms with Crippen molar-refractivity contribution in [3.05, 3.63) is 70.8 Å². The Morgan fingerprint density at radius 2 is 2.03 bits per heavy atom. The van der Waals surface area contributed by atoms with E-state index in [4.69, 9.17) is 9.47 Å². The number of benzene rings is 1. The first-order chi connectivity index (χ1) is 18.6. The van der Waals surface area contributed by atoms with Gasteiger partial charge in [-0.1, -0.05) is 6.07 Å². The zero-order valence-corrected chi connectivity index (χ0v) is 23.1. The van der Waals surface area contributed by atoms with Crippen molar-refractivity contribution in [1.82, 2.24) is 9.97 Å². The topological polar surface area (TPSA) is 107 Å². The van der Waals surface area contributed by atoms with Crippen LogP contribution < -0.4 is 10.1 Å². The number of carbonyl (C=O) groups excluding carboxylic acids is 1. The molecule has 206 valence electrons. The number of ether oxygens (including phenoxy) is 2. The molecule has 2 aliphatic carbocycles. The summed E-state index contributed by atoms with van der Waals surface area (Å²) in [6.45, 7) is 4.59. The summed E-state index contributed by atoms with van der Waals surface area (Å²) in [4.78, 5) is 21.1. The number of carbonyl (C=O) groups is 1. The van der Waals surface area contributed by atoms with E-state index in [1.807, 2.05) is 32.2 Å². The maximum Gasteiger partial charge on any atom is 0.309 e. The highest BCUT2D eigenvalue weighted by molar-refractivity contribution is 7.90. The molecule has 0 spiro atoms. The fourth-order valence-electron chi connectivity index (χ4n) is 5.43. The molecule has 5 rings (SSSR count). The fraction of sp³-hybridized carbons (Fsp3) is 0.414. The van der Waals surface area contributed by atoms with Crippen LogP contribution >= 0.6 is 0 Å². The number of hydrogen-bond donors (Lipinski definition) is 1. The molecule has 0 amide bonds. The second kappa shape index (κ2) is 10.9. The maximum atomic E-state index is 14.7. The molecule has 2 aliphatic rings. The van der Waals surface area contributed by atoms with Crippen LogP contribution in [0.1, 0.15) is 41.6 Å². The quantitative estimate of drug-likeness (QED) is 0.274. The molecule has 8 nitrogen and oxygen atoms in total. The number of halogens is 1. The van der Waals surface area contributed by atoms with Crippen molar-refractivity contribution >= 4 is 21.6 Å². The summed E-state index contributed by atoms with van der Waals surface area (Å²) in [6.07, 6.45) is 4.25. The number of aryl methyl sites for hydroxylation is 1. The van der Waals surface area contributed by atoms with Crippen LogP contribution in [0, 0.1) is 24.6 Å². The average Bonchev–Trinajstić information content (AvgIpc) is 3.47. The Hall–Kier alpha value is -3.53. The van der Waals surface area contributed by atoms with E-state index < -0.39 is 9.84 Å². The minimum absolute atomic E-state index is 0.0478. The van der Waals surface area contributed by atoms with Gasteiger partial charge in [0.05, 0.1) is 24.9 Å². The normalized spacial score (nSPS) is 19.2. The van der Waals surface area contributed by atoms with Crippen molar-refractivity contribution in [2.75, 3.05) is 30.5 Å². The number of nitrogens with one attached hydrogen (secondary N) is 1. The molecule has 3 atom stereocenters. The van der Waals surface area contributed by atoms with E-state index in [2.05, 4.69) is 15.3 Å². The SMILES string of the molecule is CCOC(=O)C1C2Cc3cc(NCc4cc(-c5ccc(OCCCS(C)(=O)=O)nc5C)ccc4F)ncc3C21. The molecule has 2 heterocycles. The first-order valence-corrected chi connectivity index (χ1v) is 15.2. The van der Waals surface area contributed by atoms with Gasteiger partial charge in [-0.25, -0.2) is 22.8 Å². The summed E-state index contributed by atoms with van der Waals surface area (Å²) >= 11 is 0. The second-order valence-electron chi connectivity index (χ2n) is 10.2. The predicted molar refractivity (Wildman–Crippen MR) is 146 cm³/mol. The van der Waals surface area contributed by atoms with Crippen LogP contribution in [-0.4, -0.2) is 49.6 Å². The first kappa shape index (κ1) is 27.1. The van der Waals surface area contributed by atoms with E-state index in [0.717, 1.165) is 28.8 Å². The highest BCUT2D eigenvalue weighted by atomic mass is 32.2. The van der Waals surface area contributed by atoms with Gasteiger partial charge in [-0.3, -0.25) is 4.79 Å². The molecule has 0 radical (unpaired) electrons. The molecule has 1 saturated carbocycles. The Morgan fingerprint density at radius 3 is 2.77 bits per heavy atom. The predicted octanol–water partition coefficient (Wildman–Crippen LogP) is 4.47. The summed E-state index contributed by atoms with van der Waals surface area (Å²) in [5.74, 6) is 1.17. The number of rotatable bonds is 11. The average molecular weight is 554 g/mol. The lowest BCUT2D eigenvalue weighted by Crippen LogP contribution is -2.11. The number of aromatic nitrogens is 2. The van der Waals surface area contributed by atoms with Gasteiger partial charge >= 0.3 is 5.97 Å². The lowest BCUT2D eigenvalue weighted by molar-refractivity contribution is -0.145. The van der Waals surface area contributed by atoms with Gasteiger partial charge in [0.25, 0.3) is 0 Å². The van der Waals surface area contributed by atoms with E-state index in [9.17, 15) is 17.6 Å². The molecule has 1 N–H and O–H groups in total. The lowest BCUT2D eigenvalue weighted by Gasteiger charge is -2.13. The van der Waals surface area contributed by atoms with Gasteiger partial charge in [0.2, 0.25) is 5.88 Å². The minimum atomic E-state index is -3.03. The monoisotopic (exact) mass is 553 g/mol. The molecule has 2 aromatic heterocycles. The first-order valence-electron chi connectivity index (χ1n) is 13.1. The lowest BCUT2D eigenvalue weighted by atomic mass is 10.0. The van der Waals surface area contributed by atoms with E-state index in [-0.39, 0.29) is 42.5 Å². The molecule has 0 bridgehead atoms. The Labute approximate surface area is 227 Å². The summed E-state index contributed by atoms with van der Waals surface area (Å²) in [7, 11) is -3.03. The van der Waals surface area contributed by atoms with Crippen molar-refractivity contribution in [2.45, 2.75) is 39.2 Å². The fourth-order valence-corrected chi connectivity index (χ4v) is 6.07. The van der Waals surface area contributed by atoms with Crippen LogP contribution in [0.25, 0.3) is 11.1 Å². The van der Waals surface area contributed by atoms with Gasteiger partial charge in [0.15, 0.2) is 0 Å². The van der Waals surface area contributed by atoms with Crippen LogP contribution in [-0.2, 0) is 32.3 Å². The van der Waals surface area contributed by atoms with Gasteiger partial charge in [-0.05, 0) is 73.6 Å². The van der Waals surface area contributed by atoms with Gasteiger partial charge in [0, 0.05) is 47.8 Å². The zero-order valence-electron chi connectivity index (χ0n) is 22.2. The molecule has 0 aliphatic heterocycles. The van der Waals surface area contributed by atoms with Crippen LogP contribution in [0.3, 0.4) is 0 Å². The van der Waals surface area contributed by atoms with Gasteiger partial charge in [-0.2, -0.15) is 0 Å². The number of pyridine rings is 2. The summed E-state index contributed by atoms with van der Waals surface area (Å²) < 4.78 is 48.0. The van der Waals surface area contributed by atoms with E-state index in [1.54, 1.807) is 18.2 Å². The van der Waals surface area contributed by atoms with Crippen LogP contribution in [0.5, 0.6) is 5.88 Å². The van der Waals surface area contributed by atoms with Crippen molar-refractivity contribution < 1.29 is 27.1 Å². The molecular formula is C29H32FN3O5S. The van der Waals surface area contributed by atoms with Crippen molar-refractivity contribution in [1.29, 1.82) is 0 Å². The number of fused-ring (bicyclic) bond motifs is 3. The standard InChI is InChI=1S/C29H32FN3O5S/c1-4-37-29(34)28-22-13-19-14-25(32-16-23(19)27(22)28)31-15-20-12-18(6-8-24(20)30)21-7-9-26(33-17(21)2)38-10-5-11-39(3,35)36/h6-9,12,14,16,22,27-28H,4-5,10-11,13,15H2,1-3H3,(H,31,32). The van der Waals surface area contributed by atoms with Crippen molar-refractivity contribution in [3.63, 3.8) is 0 Å². The third-order valence-electron chi connectivity index (χ3n) is 7.35. The Balaban J connectivity index is 1.22. The third-order valence-corrected chi connectivity index (χ3v) is 8.38. The second-order valence-corrected chi connectivity index (χ2v) is 12.5. The van der Waals surface area contributed by atoms with Crippen LogP contribution in [0.15, 0.2) is 42.6 Å². The number of nitrogens with zero attached hydrogens (tertiary/aromatic N) is 2. The summed E-state index contributed by atoms with van der Waals surface area (Å²) in [6, 6.07) is 10.6. The highest BCUT2D eigenvalue weighted by Gasteiger charge is 2.60. The zero-order chi connectivity index (χ0) is 27.7. The molecule has 1 fully saturated rings. The Morgan fingerprint density at radius 1 is 1.21 bits per heavy atom. The molecular weight excluding hydrogens is 521 g/mol. The Kier molecular flexibility index (Phi) is 7.57. The largest absolute Gasteiger partial charge is 0.478 e. The number of anilines is 1. The molecule has 3 unspecified atom stereocenters. The highest BCUT2D eigenvalue weighted by Crippen LogP contribution is 2.61. The van der Waals surface area contributed by atoms with E-state index in [1.165, 1.54) is 17.9 Å². The third kappa shape index (κ3) is 6.06. The number of esters is 1. The summed E-state index contributed by atoms with van der Waals surface area (Å²) in [5, 5.41) is 3.24. The van der Waals surface area contributed by atoms with Gasteiger partial charge in [-0.15, -0.1) is 0 Å². The molecule has 1 aromatic carbocycles. The van der Waals surface area contributed by atoms with E-state index >= 15 is 0 Å². The van der Waals surface area contributed by atoms with Crippen LogP contribution in [0.4, 0.5) is 10.2 Å².